The first-order valence-electron chi connectivity index (χ1n) is 3.98. The average molecular weight is 179 g/mol. The first-order valence-corrected chi connectivity index (χ1v) is 3.98. The van der Waals surface area contributed by atoms with Gasteiger partial charge in [-0.2, -0.15) is 0 Å². The van der Waals surface area contributed by atoms with Crippen molar-refractivity contribution in [2.75, 3.05) is 13.2 Å². The van der Waals surface area contributed by atoms with Gasteiger partial charge in [0.05, 0.1) is 12.2 Å². The predicted molar refractivity (Wildman–Crippen MR) is 43.4 cm³/mol. The standard InChI is InChI=1S/C7H17NO4/c8-3-1-5(10)7(12)6(11)2-4-9/h5-7,9-12H,1-4,8H2/t5-,6+,7+/m1/s1. The van der Waals surface area contributed by atoms with E-state index < -0.39 is 18.3 Å². The molecule has 0 bridgehead atoms. The Labute approximate surface area is 71.4 Å². The summed E-state index contributed by atoms with van der Waals surface area (Å²) in [5.74, 6) is 0. The smallest absolute Gasteiger partial charge is 0.106 e. The van der Waals surface area contributed by atoms with Crippen LogP contribution < -0.4 is 5.73 Å². The molecule has 0 aromatic heterocycles. The highest BCUT2D eigenvalue weighted by molar-refractivity contribution is 4.75. The van der Waals surface area contributed by atoms with E-state index in [4.69, 9.17) is 21.1 Å². The van der Waals surface area contributed by atoms with Crippen LogP contribution in [0.3, 0.4) is 0 Å². The molecule has 0 fully saturated rings. The lowest BCUT2D eigenvalue weighted by Crippen LogP contribution is -2.38. The first kappa shape index (κ1) is 11.8. The van der Waals surface area contributed by atoms with E-state index in [1.165, 1.54) is 0 Å². The summed E-state index contributed by atoms with van der Waals surface area (Å²) < 4.78 is 0. The van der Waals surface area contributed by atoms with E-state index in [1.54, 1.807) is 0 Å². The predicted octanol–water partition coefficient (Wildman–Crippen LogP) is -2.20. The second-order valence-electron chi connectivity index (χ2n) is 2.71. The minimum absolute atomic E-state index is 0.0583. The lowest BCUT2D eigenvalue weighted by Gasteiger charge is -2.21. The summed E-state index contributed by atoms with van der Waals surface area (Å²) in [6.07, 6.45) is -3.03. The molecule has 0 radical (unpaired) electrons. The van der Waals surface area contributed by atoms with E-state index >= 15 is 0 Å². The van der Waals surface area contributed by atoms with Crippen molar-refractivity contribution in [2.24, 2.45) is 5.73 Å². The van der Waals surface area contributed by atoms with Crippen molar-refractivity contribution in [1.82, 2.24) is 0 Å². The molecule has 74 valence electrons. The number of nitrogens with two attached hydrogens (primary N) is 1. The molecule has 5 heteroatoms. The van der Waals surface area contributed by atoms with Gasteiger partial charge in [-0.05, 0) is 19.4 Å². The number of aliphatic hydroxyl groups is 4. The van der Waals surface area contributed by atoms with Crippen LogP contribution in [0.2, 0.25) is 0 Å². The minimum Gasteiger partial charge on any atom is -0.396 e. The third kappa shape index (κ3) is 3.99. The van der Waals surface area contributed by atoms with Gasteiger partial charge in [0, 0.05) is 6.61 Å². The van der Waals surface area contributed by atoms with Crippen LogP contribution in [0.15, 0.2) is 0 Å². The topological polar surface area (TPSA) is 107 Å². The molecule has 0 unspecified atom stereocenters. The van der Waals surface area contributed by atoms with Gasteiger partial charge in [-0.25, -0.2) is 0 Å². The van der Waals surface area contributed by atoms with E-state index in [0.29, 0.717) is 0 Å². The van der Waals surface area contributed by atoms with E-state index in [9.17, 15) is 5.11 Å². The fourth-order valence-electron chi connectivity index (χ4n) is 0.901. The third-order valence-electron chi connectivity index (χ3n) is 1.68. The maximum atomic E-state index is 9.18. The maximum Gasteiger partial charge on any atom is 0.106 e. The van der Waals surface area contributed by atoms with Gasteiger partial charge < -0.3 is 26.2 Å². The number of rotatable bonds is 6. The van der Waals surface area contributed by atoms with Crippen molar-refractivity contribution in [2.45, 2.75) is 31.2 Å². The Balaban J connectivity index is 3.73. The monoisotopic (exact) mass is 179 g/mol. The molecule has 0 spiro atoms. The summed E-state index contributed by atoms with van der Waals surface area (Å²) in [6, 6.07) is 0. The van der Waals surface area contributed by atoms with Crippen LogP contribution in [0.1, 0.15) is 12.8 Å². The molecule has 3 atom stereocenters. The largest absolute Gasteiger partial charge is 0.396 e. The van der Waals surface area contributed by atoms with Crippen LogP contribution in [-0.4, -0.2) is 51.9 Å². The molecule has 0 saturated carbocycles. The molecule has 0 heterocycles. The summed E-state index contributed by atoms with van der Waals surface area (Å²) in [5.41, 5.74) is 5.14. The normalized spacial score (nSPS) is 18.8. The molecule has 0 aliphatic heterocycles. The molecule has 5 nitrogen and oxygen atoms in total. The summed E-state index contributed by atoms with van der Waals surface area (Å²) in [6.45, 7) is 0.0393. The summed E-state index contributed by atoms with van der Waals surface area (Å²) >= 11 is 0. The van der Waals surface area contributed by atoms with Crippen molar-refractivity contribution in [1.29, 1.82) is 0 Å². The molecule has 0 rings (SSSR count). The van der Waals surface area contributed by atoms with Crippen LogP contribution in [-0.2, 0) is 0 Å². The summed E-state index contributed by atoms with van der Waals surface area (Å²) in [4.78, 5) is 0. The zero-order valence-corrected chi connectivity index (χ0v) is 6.93. The maximum absolute atomic E-state index is 9.18. The van der Waals surface area contributed by atoms with Crippen molar-refractivity contribution < 1.29 is 20.4 Å². The van der Waals surface area contributed by atoms with Gasteiger partial charge in [-0.1, -0.05) is 0 Å². The van der Waals surface area contributed by atoms with Gasteiger partial charge in [0.1, 0.15) is 6.10 Å². The van der Waals surface area contributed by atoms with Crippen LogP contribution in [0.25, 0.3) is 0 Å². The Hall–Kier alpha value is -0.200. The molecule has 0 aliphatic carbocycles. The Morgan fingerprint density at radius 1 is 1.00 bits per heavy atom. The van der Waals surface area contributed by atoms with Crippen LogP contribution in [0, 0.1) is 0 Å². The van der Waals surface area contributed by atoms with Gasteiger partial charge >= 0.3 is 0 Å². The van der Waals surface area contributed by atoms with Gasteiger partial charge in [-0.3, -0.25) is 0 Å². The SMILES string of the molecule is NCC[C@@H](O)[C@H](O)[C@@H](O)CCO. The Kier molecular flexibility index (Phi) is 6.23. The Morgan fingerprint density at radius 2 is 1.50 bits per heavy atom. The second kappa shape index (κ2) is 6.33. The molecule has 0 aliphatic rings. The summed E-state index contributed by atoms with van der Waals surface area (Å²) in [5, 5.41) is 35.8. The van der Waals surface area contributed by atoms with Crippen LogP contribution in [0.4, 0.5) is 0 Å². The Bertz CT molecular complexity index is 99.6. The van der Waals surface area contributed by atoms with E-state index in [0.717, 1.165) is 0 Å². The van der Waals surface area contributed by atoms with Crippen molar-refractivity contribution >= 4 is 0 Å². The number of hydrogen-bond donors (Lipinski definition) is 5. The fourth-order valence-corrected chi connectivity index (χ4v) is 0.901. The van der Waals surface area contributed by atoms with Crippen LogP contribution >= 0.6 is 0 Å². The van der Waals surface area contributed by atoms with Crippen molar-refractivity contribution in [3.63, 3.8) is 0 Å². The van der Waals surface area contributed by atoms with Gasteiger partial charge in [0.2, 0.25) is 0 Å². The minimum atomic E-state index is -1.22. The zero-order chi connectivity index (χ0) is 9.56. The average Bonchev–Trinajstić information content (AvgIpc) is 2.04. The number of aliphatic hydroxyl groups excluding tert-OH is 4. The highest BCUT2D eigenvalue weighted by Gasteiger charge is 2.23. The van der Waals surface area contributed by atoms with E-state index in [1.807, 2.05) is 0 Å². The van der Waals surface area contributed by atoms with Gasteiger partial charge in [0.25, 0.3) is 0 Å². The summed E-state index contributed by atoms with van der Waals surface area (Å²) in [7, 11) is 0. The van der Waals surface area contributed by atoms with E-state index in [-0.39, 0.29) is 26.0 Å². The molecule has 12 heavy (non-hydrogen) atoms. The highest BCUT2D eigenvalue weighted by Crippen LogP contribution is 2.05. The molecular weight excluding hydrogens is 162 g/mol. The van der Waals surface area contributed by atoms with Gasteiger partial charge in [-0.15, -0.1) is 0 Å². The zero-order valence-electron chi connectivity index (χ0n) is 6.93. The third-order valence-corrected chi connectivity index (χ3v) is 1.68. The van der Waals surface area contributed by atoms with Crippen molar-refractivity contribution in [3.8, 4) is 0 Å². The van der Waals surface area contributed by atoms with Gasteiger partial charge in [0.15, 0.2) is 0 Å². The lowest BCUT2D eigenvalue weighted by atomic mass is 10.0. The van der Waals surface area contributed by atoms with E-state index in [2.05, 4.69) is 0 Å². The van der Waals surface area contributed by atoms with Crippen LogP contribution in [0.5, 0.6) is 0 Å². The molecule has 0 amide bonds. The number of hydrogen-bond acceptors (Lipinski definition) is 5. The molecule has 0 aromatic rings. The lowest BCUT2D eigenvalue weighted by molar-refractivity contribution is -0.0669. The second-order valence-corrected chi connectivity index (χ2v) is 2.71. The molecular formula is C7H17NO4. The highest BCUT2D eigenvalue weighted by atomic mass is 16.4. The quantitative estimate of drug-likeness (QED) is 0.318. The molecule has 6 N–H and O–H groups in total. The fraction of sp³-hybridized carbons (Fsp3) is 1.00. The first-order chi connectivity index (χ1) is 5.63. The molecule has 0 saturated heterocycles. The Morgan fingerprint density at radius 3 is 1.92 bits per heavy atom. The van der Waals surface area contributed by atoms with Crippen molar-refractivity contribution in [3.05, 3.63) is 0 Å². The molecule has 0 aromatic carbocycles.